The van der Waals surface area contributed by atoms with Crippen molar-refractivity contribution < 1.29 is 31.5 Å². The Morgan fingerprint density at radius 2 is 1.56 bits per heavy atom. The zero-order valence-corrected chi connectivity index (χ0v) is 32.0. The zero-order valence-electron chi connectivity index (χ0n) is 29.1. The van der Waals surface area contributed by atoms with Crippen LogP contribution in [-0.2, 0) is 28.3 Å². The van der Waals surface area contributed by atoms with E-state index in [1.165, 1.54) is 13.1 Å². The van der Waals surface area contributed by atoms with E-state index in [0.717, 1.165) is 9.98 Å². The highest BCUT2D eigenvalue weighted by Crippen LogP contribution is 2.49. The fourth-order valence-corrected chi connectivity index (χ4v) is 8.41. The molecule has 256 valence electrons. The largest absolute Gasteiger partial charge is 0.443 e. The molecule has 3 heterocycles. The van der Waals surface area contributed by atoms with E-state index in [1.54, 1.807) is 20.8 Å². The van der Waals surface area contributed by atoms with Gasteiger partial charge in [0.15, 0.2) is 22.9 Å². The van der Waals surface area contributed by atoms with Gasteiger partial charge in [-0.05, 0) is 64.0 Å². The molecule has 0 aliphatic carbocycles. The second-order valence-electron chi connectivity index (χ2n) is 16.1. The summed E-state index contributed by atoms with van der Waals surface area (Å²) in [6.07, 6.45) is -3.42. The maximum atomic E-state index is 14.0. The van der Waals surface area contributed by atoms with Crippen LogP contribution in [0.2, 0.25) is 36.3 Å². The lowest BCUT2D eigenvalue weighted by molar-refractivity contribution is -0.0503. The average molecular weight is 689 g/mol. The van der Waals surface area contributed by atoms with Gasteiger partial charge >= 0.3 is 11.8 Å². The summed E-state index contributed by atoms with van der Waals surface area (Å²) >= 11 is 0. The van der Waals surface area contributed by atoms with Crippen molar-refractivity contribution >= 4 is 32.8 Å². The zero-order chi connectivity index (χ0) is 34.9. The monoisotopic (exact) mass is 688 g/mol. The summed E-state index contributed by atoms with van der Waals surface area (Å²) in [5.41, 5.74) is 2.05. The molecule has 1 saturated heterocycles. The minimum absolute atomic E-state index is 0.0530. The molecule has 13 nitrogen and oxygen atoms in total. The van der Waals surface area contributed by atoms with Crippen LogP contribution in [0.25, 0.3) is 0 Å². The molecule has 0 unspecified atom stereocenters. The summed E-state index contributed by atoms with van der Waals surface area (Å²) in [5, 5.41) is 0.416. The van der Waals surface area contributed by atoms with Crippen LogP contribution in [0.3, 0.4) is 0 Å². The van der Waals surface area contributed by atoms with Gasteiger partial charge in [0.25, 0.3) is 5.56 Å². The third kappa shape index (κ3) is 7.11. The standard InChI is InChI=1S/C29H52N4O9SSi2/c1-18-15-32(24(35)33(22(18)34)25(36)41-26(2,3)4)23-21(42-45(13,14)28(8,9)10)29(19(30)17-43(37,38)31-29)20(40-23)16-39-44(11,12)27(5,6)7/h15,17,20-21,23,31H,16,30H2,1-14H3/t20-,21+,23-,29-/m1/s1. The number of sulfonamides is 1. The molecule has 4 atom stereocenters. The first-order valence-corrected chi connectivity index (χ1v) is 22.4. The first-order valence-electron chi connectivity index (χ1n) is 15.0. The van der Waals surface area contributed by atoms with E-state index in [2.05, 4.69) is 38.6 Å². The Hall–Kier alpha value is -2.09. The van der Waals surface area contributed by atoms with E-state index < -0.39 is 73.6 Å². The maximum Gasteiger partial charge on any atom is 0.425 e. The number of aryl methyl sites for hydroxylation is 1. The molecule has 0 amide bonds. The van der Waals surface area contributed by atoms with E-state index in [-0.39, 0.29) is 27.9 Å². The molecule has 0 bridgehead atoms. The van der Waals surface area contributed by atoms with E-state index in [0.29, 0.717) is 4.57 Å². The Morgan fingerprint density at radius 3 is 2.00 bits per heavy atom. The second kappa shape index (κ2) is 11.6. The van der Waals surface area contributed by atoms with Crippen molar-refractivity contribution in [1.29, 1.82) is 0 Å². The van der Waals surface area contributed by atoms with Crippen molar-refractivity contribution in [2.24, 2.45) is 5.73 Å². The van der Waals surface area contributed by atoms with Crippen molar-refractivity contribution in [2.45, 2.75) is 135 Å². The Bertz CT molecular complexity index is 1600. The predicted molar refractivity (Wildman–Crippen MR) is 178 cm³/mol. The number of nitrogens with zero attached hydrogens (tertiary/aromatic N) is 2. The Balaban J connectivity index is 2.33. The number of nitrogens with one attached hydrogen (secondary N) is 1. The van der Waals surface area contributed by atoms with Crippen molar-refractivity contribution in [3.63, 3.8) is 0 Å². The topological polar surface area (TPSA) is 170 Å². The second-order valence-corrected chi connectivity index (χ2v) is 27.2. The molecule has 2 aliphatic heterocycles. The fourth-order valence-electron chi connectivity index (χ4n) is 4.69. The summed E-state index contributed by atoms with van der Waals surface area (Å²) in [6, 6.07) is 0. The molecule has 45 heavy (non-hydrogen) atoms. The SMILES string of the molecule is Cc1cn([C@@H]2O[C@H](CO[Si](C)(C)C(C)(C)C)[C@@]3(NS(=O)(=O)C=C3N)[C@H]2O[Si](C)(C)C(C)(C)C)c(=O)n(C(=O)OC(C)(C)C)c1=O. The van der Waals surface area contributed by atoms with Gasteiger partial charge in [0.1, 0.15) is 23.3 Å². The van der Waals surface area contributed by atoms with Gasteiger partial charge < -0.3 is 24.1 Å². The Labute approximate surface area is 268 Å². The number of carbonyl (C=O) groups is 1. The summed E-state index contributed by atoms with van der Waals surface area (Å²) < 4.78 is 55.9. The Kier molecular flexibility index (Phi) is 9.60. The number of nitrogens with two attached hydrogens (primary N) is 1. The fraction of sp³-hybridized carbons (Fsp3) is 0.759. The van der Waals surface area contributed by atoms with E-state index in [1.807, 2.05) is 33.9 Å². The number of rotatable bonds is 6. The molecule has 0 aromatic carbocycles. The third-order valence-electron chi connectivity index (χ3n) is 9.36. The molecule has 3 rings (SSSR count). The van der Waals surface area contributed by atoms with Crippen LogP contribution in [0.5, 0.6) is 0 Å². The minimum Gasteiger partial charge on any atom is -0.443 e. The maximum absolute atomic E-state index is 14.0. The highest BCUT2D eigenvalue weighted by Gasteiger charge is 2.65. The highest BCUT2D eigenvalue weighted by atomic mass is 32.2. The Morgan fingerprint density at radius 1 is 1.02 bits per heavy atom. The molecule has 0 radical (unpaired) electrons. The number of aromatic nitrogens is 2. The van der Waals surface area contributed by atoms with Crippen molar-refractivity contribution in [3.05, 3.63) is 43.7 Å². The molecule has 1 spiro atoms. The summed E-state index contributed by atoms with van der Waals surface area (Å²) in [5.74, 6) is 0. The lowest BCUT2D eigenvalue weighted by Gasteiger charge is -2.44. The normalized spacial score (nSPS) is 25.9. The van der Waals surface area contributed by atoms with Gasteiger partial charge in [0, 0.05) is 17.5 Å². The third-order valence-corrected chi connectivity index (χ3v) is 19.5. The smallest absolute Gasteiger partial charge is 0.425 e. The minimum atomic E-state index is -4.04. The summed E-state index contributed by atoms with van der Waals surface area (Å²) in [7, 11) is -9.19. The quantitative estimate of drug-likeness (QED) is 0.418. The van der Waals surface area contributed by atoms with E-state index in [9.17, 15) is 22.8 Å². The first-order chi connectivity index (χ1) is 20.0. The molecule has 2 aliphatic rings. The van der Waals surface area contributed by atoms with Crippen molar-refractivity contribution in [2.75, 3.05) is 6.61 Å². The molecule has 16 heteroatoms. The van der Waals surface area contributed by atoms with Gasteiger partial charge in [-0.25, -0.2) is 18.0 Å². The van der Waals surface area contributed by atoms with Gasteiger partial charge in [0.2, 0.25) is 10.0 Å². The molecular formula is C29H52N4O9SSi2. The lowest BCUT2D eigenvalue weighted by Crippen LogP contribution is -2.64. The van der Waals surface area contributed by atoms with Gasteiger partial charge in [-0.1, -0.05) is 41.5 Å². The van der Waals surface area contributed by atoms with Crippen molar-refractivity contribution in [3.8, 4) is 0 Å². The van der Waals surface area contributed by atoms with Crippen LogP contribution in [0.15, 0.2) is 26.9 Å². The van der Waals surface area contributed by atoms with Crippen LogP contribution in [0.1, 0.15) is 74.1 Å². The average Bonchev–Trinajstić information content (AvgIpc) is 3.24. The number of carbonyl (C=O) groups excluding carboxylic acids is 1. The van der Waals surface area contributed by atoms with E-state index in [4.69, 9.17) is 24.1 Å². The molecule has 3 N–H and O–H groups in total. The number of hydrogen-bond donors (Lipinski definition) is 2. The summed E-state index contributed by atoms with van der Waals surface area (Å²) in [4.78, 5) is 40.3. The first kappa shape index (κ1) is 37.4. The lowest BCUT2D eigenvalue weighted by atomic mass is 9.86. The summed E-state index contributed by atoms with van der Waals surface area (Å²) in [6.45, 7) is 26.6. The predicted octanol–water partition coefficient (Wildman–Crippen LogP) is 3.88. The molecular weight excluding hydrogens is 637 g/mol. The molecule has 0 saturated carbocycles. The van der Waals surface area contributed by atoms with Gasteiger partial charge in [-0.3, -0.25) is 9.36 Å². The van der Waals surface area contributed by atoms with Crippen molar-refractivity contribution in [1.82, 2.24) is 13.9 Å². The molecule has 1 aromatic heterocycles. The van der Waals surface area contributed by atoms with Crippen LogP contribution in [0, 0.1) is 6.92 Å². The number of hydrogen-bond acceptors (Lipinski definition) is 10. The van der Waals surface area contributed by atoms with Crippen LogP contribution < -0.4 is 21.7 Å². The van der Waals surface area contributed by atoms with Crippen LogP contribution >= 0.6 is 0 Å². The highest BCUT2D eigenvalue weighted by molar-refractivity contribution is 7.92. The van der Waals surface area contributed by atoms with Gasteiger partial charge in [0.05, 0.1) is 12.0 Å². The van der Waals surface area contributed by atoms with Crippen LogP contribution in [-0.4, -0.2) is 70.2 Å². The van der Waals surface area contributed by atoms with Gasteiger partial charge in [-0.15, -0.1) is 0 Å². The number of ether oxygens (including phenoxy) is 2. The van der Waals surface area contributed by atoms with Crippen LogP contribution in [0.4, 0.5) is 4.79 Å². The molecule has 1 fully saturated rings. The molecule has 1 aromatic rings. The van der Waals surface area contributed by atoms with Gasteiger partial charge in [-0.2, -0.15) is 9.29 Å². The van der Waals surface area contributed by atoms with E-state index >= 15 is 0 Å².